The minimum Gasteiger partial charge on any atom is -0.378 e. The second-order valence-electron chi connectivity index (χ2n) is 3.13. The molecule has 0 spiro atoms. The van der Waals surface area contributed by atoms with Crippen molar-refractivity contribution in [3.8, 4) is 0 Å². The lowest BCUT2D eigenvalue weighted by molar-refractivity contribution is -0.116. The van der Waals surface area contributed by atoms with Gasteiger partial charge in [-0.25, -0.2) is 8.78 Å². The number of nitrogens with one attached hydrogen (secondary N) is 1. The van der Waals surface area contributed by atoms with Crippen LogP contribution < -0.4 is 5.32 Å². The average molecular weight is 211 g/mol. The first-order chi connectivity index (χ1) is 7.02. The summed E-state index contributed by atoms with van der Waals surface area (Å²) in [4.78, 5) is 10.7. The number of halogens is 2. The number of ketones is 1. The number of hydrogen-bond donors (Lipinski definition) is 1. The van der Waals surface area contributed by atoms with E-state index in [0.717, 1.165) is 12.1 Å². The summed E-state index contributed by atoms with van der Waals surface area (Å²) < 4.78 is 26.4. The minimum atomic E-state index is -0.698. The van der Waals surface area contributed by atoms with Gasteiger partial charge in [0.1, 0.15) is 17.4 Å². The zero-order valence-electron chi connectivity index (χ0n) is 8.31. The molecule has 0 aliphatic carbocycles. The monoisotopic (exact) mass is 211 g/mol. The van der Waals surface area contributed by atoms with Crippen molar-refractivity contribution in [1.29, 1.82) is 0 Å². The Hall–Kier alpha value is -1.71. The van der Waals surface area contributed by atoms with Crippen LogP contribution in [0.25, 0.3) is 5.70 Å². The van der Waals surface area contributed by atoms with Crippen LogP contribution in [0.3, 0.4) is 0 Å². The largest absolute Gasteiger partial charge is 0.378 e. The third kappa shape index (κ3) is 2.87. The van der Waals surface area contributed by atoms with E-state index < -0.39 is 11.6 Å². The highest BCUT2D eigenvalue weighted by molar-refractivity contribution is 5.79. The second kappa shape index (κ2) is 4.68. The van der Waals surface area contributed by atoms with Crippen LogP contribution in [0.5, 0.6) is 0 Å². The molecule has 0 aromatic heterocycles. The van der Waals surface area contributed by atoms with Gasteiger partial charge >= 0.3 is 0 Å². The topological polar surface area (TPSA) is 29.1 Å². The van der Waals surface area contributed by atoms with E-state index in [2.05, 4.69) is 11.9 Å². The first kappa shape index (κ1) is 11.4. The van der Waals surface area contributed by atoms with Gasteiger partial charge in [-0.1, -0.05) is 12.6 Å². The third-order valence-electron chi connectivity index (χ3n) is 1.82. The highest BCUT2D eigenvalue weighted by Crippen LogP contribution is 2.17. The quantitative estimate of drug-likeness (QED) is 0.826. The average Bonchev–Trinajstić information content (AvgIpc) is 2.14. The van der Waals surface area contributed by atoms with Crippen molar-refractivity contribution < 1.29 is 13.6 Å². The van der Waals surface area contributed by atoms with Crippen LogP contribution in [0.1, 0.15) is 12.5 Å². The summed E-state index contributed by atoms with van der Waals surface area (Å²) in [6.07, 6.45) is 0. The fourth-order valence-electron chi connectivity index (χ4n) is 1.11. The molecule has 1 N–H and O–H groups in total. The van der Waals surface area contributed by atoms with Crippen molar-refractivity contribution in [2.24, 2.45) is 0 Å². The Balaban J connectivity index is 2.86. The zero-order chi connectivity index (χ0) is 11.4. The van der Waals surface area contributed by atoms with E-state index in [0.29, 0.717) is 0 Å². The van der Waals surface area contributed by atoms with Crippen LogP contribution in [0, 0.1) is 11.6 Å². The summed E-state index contributed by atoms with van der Waals surface area (Å²) in [6.45, 7) is 4.85. The summed E-state index contributed by atoms with van der Waals surface area (Å²) in [6, 6.07) is 3.55. The zero-order valence-corrected chi connectivity index (χ0v) is 8.31. The van der Waals surface area contributed by atoms with E-state index in [4.69, 9.17) is 0 Å². The Bertz CT molecular complexity index is 381. The van der Waals surface area contributed by atoms with E-state index in [1.165, 1.54) is 13.0 Å². The summed E-state index contributed by atoms with van der Waals surface area (Å²) in [5.74, 6) is -1.53. The molecule has 0 amide bonds. The third-order valence-corrected chi connectivity index (χ3v) is 1.82. The number of benzene rings is 1. The molecule has 0 atom stereocenters. The molecule has 0 saturated carbocycles. The first-order valence-electron chi connectivity index (χ1n) is 4.39. The molecule has 4 heteroatoms. The predicted octanol–water partition coefficient (Wildman–Crippen LogP) is 2.11. The molecule has 0 fully saturated rings. The summed E-state index contributed by atoms with van der Waals surface area (Å²) >= 11 is 0. The van der Waals surface area contributed by atoms with Crippen LogP contribution in [0.15, 0.2) is 24.8 Å². The summed E-state index contributed by atoms with van der Waals surface area (Å²) in [7, 11) is 0. The lowest BCUT2D eigenvalue weighted by Gasteiger charge is -2.09. The molecule has 2 nitrogen and oxygen atoms in total. The van der Waals surface area contributed by atoms with Crippen molar-refractivity contribution >= 4 is 11.5 Å². The van der Waals surface area contributed by atoms with Crippen molar-refractivity contribution in [3.63, 3.8) is 0 Å². The maximum Gasteiger partial charge on any atom is 0.148 e. The molecule has 1 aromatic carbocycles. The van der Waals surface area contributed by atoms with Gasteiger partial charge in [-0.15, -0.1) is 0 Å². The van der Waals surface area contributed by atoms with E-state index in [-0.39, 0.29) is 23.6 Å². The minimum absolute atomic E-state index is 0.00656. The number of carbonyl (C=O) groups is 1. The van der Waals surface area contributed by atoms with Gasteiger partial charge in [0.15, 0.2) is 0 Å². The molecule has 1 rings (SSSR count). The van der Waals surface area contributed by atoms with Crippen molar-refractivity contribution in [1.82, 2.24) is 5.32 Å². The van der Waals surface area contributed by atoms with Crippen LogP contribution in [0.4, 0.5) is 8.78 Å². The van der Waals surface area contributed by atoms with Crippen LogP contribution in [-0.4, -0.2) is 12.3 Å². The summed E-state index contributed by atoms with van der Waals surface area (Å²) in [5, 5.41) is 2.56. The van der Waals surface area contributed by atoms with E-state index in [1.807, 2.05) is 0 Å². The fourth-order valence-corrected chi connectivity index (χ4v) is 1.11. The molecule has 1 aromatic rings. The highest BCUT2D eigenvalue weighted by Gasteiger charge is 2.11. The van der Waals surface area contributed by atoms with Crippen LogP contribution >= 0.6 is 0 Å². The first-order valence-corrected chi connectivity index (χ1v) is 4.39. The molecule has 0 unspecified atom stereocenters. The number of Topliss-reactive ketones (excluding diaryl/α,β-unsaturated/α-hetero) is 1. The molecule has 0 bridgehead atoms. The number of rotatable bonds is 4. The molecule has 0 aliphatic rings. The van der Waals surface area contributed by atoms with Gasteiger partial charge in [-0.2, -0.15) is 0 Å². The lowest BCUT2D eigenvalue weighted by atomic mass is 10.1. The Morgan fingerprint density at radius 3 is 2.40 bits per heavy atom. The maximum atomic E-state index is 13.2. The van der Waals surface area contributed by atoms with Gasteiger partial charge in [-0.05, 0) is 19.1 Å². The van der Waals surface area contributed by atoms with E-state index >= 15 is 0 Å². The smallest absolute Gasteiger partial charge is 0.148 e. The van der Waals surface area contributed by atoms with Gasteiger partial charge < -0.3 is 5.32 Å². The standard InChI is InChI=1S/C11H11F2NO/c1-7(15)6-14-8(2)11-9(12)4-3-5-10(11)13/h3-5,14H,2,6H2,1H3. The number of carbonyl (C=O) groups excluding carboxylic acids is 1. The fraction of sp³-hybridized carbons (Fsp3) is 0.182. The van der Waals surface area contributed by atoms with Crippen molar-refractivity contribution in [2.45, 2.75) is 6.92 Å². The van der Waals surface area contributed by atoms with Gasteiger partial charge in [0.25, 0.3) is 0 Å². The Kier molecular flexibility index (Phi) is 3.55. The Morgan fingerprint density at radius 1 is 1.40 bits per heavy atom. The highest BCUT2D eigenvalue weighted by atomic mass is 19.1. The Morgan fingerprint density at radius 2 is 1.93 bits per heavy atom. The normalized spacial score (nSPS) is 9.80. The predicted molar refractivity (Wildman–Crippen MR) is 54.1 cm³/mol. The van der Waals surface area contributed by atoms with Gasteiger partial charge in [0, 0.05) is 5.70 Å². The van der Waals surface area contributed by atoms with Crippen molar-refractivity contribution in [3.05, 3.63) is 42.0 Å². The molecular formula is C11H11F2NO. The molecule has 0 saturated heterocycles. The molecule has 80 valence electrons. The molecule has 0 aliphatic heterocycles. The van der Waals surface area contributed by atoms with E-state index in [1.54, 1.807) is 0 Å². The van der Waals surface area contributed by atoms with Gasteiger partial charge in [0.2, 0.25) is 0 Å². The lowest BCUT2D eigenvalue weighted by Crippen LogP contribution is -2.20. The number of hydrogen-bond acceptors (Lipinski definition) is 2. The molecular weight excluding hydrogens is 200 g/mol. The molecule has 0 heterocycles. The SMILES string of the molecule is C=C(NCC(C)=O)c1c(F)cccc1F. The van der Waals surface area contributed by atoms with Gasteiger partial charge in [0.05, 0.1) is 12.1 Å². The van der Waals surface area contributed by atoms with Crippen molar-refractivity contribution in [2.75, 3.05) is 6.54 Å². The second-order valence-corrected chi connectivity index (χ2v) is 3.13. The van der Waals surface area contributed by atoms with Crippen LogP contribution in [-0.2, 0) is 4.79 Å². The van der Waals surface area contributed by atoms with Crippen LogP contribution in [0.2, 0.25) is 0 Å². The molecule has 15 heavy (non-hydrogen) atoms. The van der Waals surface area contributed by atoms with Gasteiger partial charge in [-0.3, -0.25) is 4.79 Å². The Labute approximate surface area is 86.6 Å². The summed E-state index contributed by atoms with van der Waals surface area (Å²) in [5.41, 5.74) is -0.153. The maximum absolute atomic E-state index is 13.2. The van der Waals surface area contributed by atoms with E-state index in [9.17, 15) is 13.6 Å². The molecule has 0 radical (unpaired) electrons.